The molecule has 0 aliphatic heterocycles. The zero-order valence-corrected chi connectivity index (χ0v) is 19.2. The maximum Gasteiger partial charge on any atom is 0.290 e. The molecule has 4 bridgehead atoms. The smallest absolute Gasteiger partial charge is 0.290 e. The highest BCUT2D eigenvalue weighted by atomic mass is 16.3. The minimum atomic E-state index is -0.753. The van der Waals surface area contributed by atoms with Crippen LogP contribution in [0, 0.1) is 17.8 Å². The van der Waals surface area contributed by atoms with Crippen LogP contribution in [0.15, 0.2) is 47.3 Å². The maximum absolute atomic E-state index is 14.0. The summed E-state index contributed by atoms with van der Waals surface area (Å²) in [4.78, 5) is 34.0. The molecule has 2 heterocycles. The Kier molecular flexibility index (Phi) is 5.14. The molecule has 0 spiro atoms. The Morgan fingerprint density at radius 1 is 1.09 bits per heavy atom. The highest BCUT2D eigenvalue weighted by molar-refractivity contribution is 5.96. The molecule has 6 nitrogen and oxygen atoms in total. The fraction of sp³-hybridized carbons (Fsp3) is 0.577. The minimum absolute atomic E-state index is 0.166. The molecular formula is C26H33N3O3. The van der Waals surface area contributed by atoms with E-state index in [-0.39, 0.29) is 23.1 Å². The van der Waals surface area contributed by atoms with Crippen LogP contribution in [0.4, 0.5) is 0 Å². The molecule has 0 radical (unpaired) electrons. The van der Waals surface area contributed by atoms with Crippen LogP contribution >= 0.6 is 0 Å². The Morgan fingerprint density at radius 2 is 1.75 bits per heavy atom. The molecule has 32 heavy (non-hydrogen) atoms. The minimum Gasteiger partial charge on any atom is -0.459 e. The van der Waals surface area contributed by atoms with Crippen LogP contribution in [0.1, 0.15) is 81.5 Å². The molecule has 6 heteroatoms. The molecule has 0 aromatic carbocycles. The molecule has 4 fully saturated rings. The molecule has 2 aromatic rings. The van der Waals surface area contributed by atoms with E-state index in [1.165, 1.54) is 25.5 Å². The number of furan rings is 1. The number of carbonyl (C=O) groups excluding carboxylic acids is 2. The first kappa shape index (κ1) is 21.2. The molecule has 4 saturated carbocycles. The Hall–Kier alpha value is -2.63. The number of carbonyl (C=O) groups is 2. The summed E-state index contributed by atoms with van der Waals surface area (Å²) in [5.41, 5.74) is -0.00264. The lowest BCUT2D eigenvalue weighted by Crippen LogP contribution is -2.64. The van der Waals surface area contributed by atoms with Gasteiger partial charge >= 0.3 is 0 Å². The van der Waals surface area contributed by atoms with Crippen molar-refractivity contribution in [2.75, 3.05) is 0 Å². The zero-order valence-electron chi connectivity index (χ0n) is 19.2. The summed E-state index contributed by atoms with van der Waals surface area (Å²) in [5, 5.41) is 3.14. The topological polar surface area (TPSA) is 75.4 Å². The SMILES string of the molecule is CC(C)(C)NC(=O)C(c1cccnc1)N(C(=O)c1ccco1)C12CC3CC(CC(C3)C1)C2. The second-order valence-corrected chi connectivity index (χ2v) is 11.2. The zero-order chi connectivity index (χ0) is 22.5. The summed E-state index contributed by atoms with van der Waals surface area (Å²) < 4.78 is 5.57. The predicted molar refractivity (Wildman–Crippen MR) is 121 cm³/mol. The van der Waals surface area contributed by atoms with Gasteiger partial charge in [0.05, 0.1) is 6.26 Å². The number of hydrogen-bond donors (Lipinski definition) is 1. The van der Waals surface area contributed by atoms with Gasteiger partial charge < -0.3 is 14.6 Å². The van der Waals surface area contributed by atoms with Gasteiger partial charge in [-0.3, -0.25) is 14.6 Å². The van der Waals surface area contributed by atoms with Crippen molar-refractivity contribution in [1.29, 1.82) is 0 Å². The van der Waals surface area contributed by atoms with Gasteiger partial charge in [0.2, 0.25) is 5.91 Å². The molecule has 4 aliphatic rings. The summed E-state index contributed by atoms with van der Waals surface area (Å²) in [5.74, 6) is 1.82. The summed E-state index contributed by atoms with van der Waals surface area (Å²) in [6.45, 7) is 5.90. The first-order valence-electron chi connectivity index (χ1n) is 11.8. The Bertz CT molecular complexity index is 942. The van der Waals surface area contributed by atoms with Crippen molar-refractivity contribution in [3.05, 3.63) is 54.2 Å². The molecule has 1 atom stereocenters. The number of amides is 2. The largest absolute Gasteiger partial charge is 0.459 e. The van der Waals surface area contributed by atoms with Crippen molar-refractivity contribution in [1.82, 2.24) is 15.2 Å². The molecule has 4 aliphatic carbocycles. The maximum atomic E-state index is 14.0. The van der Waals surface area contributed by atoms with Crippen LogP contribution in [0.3, 0.4) is 0 Å². The van der Waals surface area contributed by atoms with E-state index < -0.39 is 11.6 Å². The van der Waals surface area contributed by atoms with E-state index in [2.05, 4.69) is 10.3 Å². The highest BCUT2D eigenvalue weighted by Gasteiger charge is 2.57. The van der Waals surface area contributed by atoms with Gasteiger partial charge in [-0.2, -0.15) is 0 Å². The molecule has 170 valence electrons. The number of nitrogens with zero attached hydrogens (tertiary/aromatic N) is 2. The molecular weight excluding hydrogens is 402 g/mol. The van der Waals surface area contributed by atoms with Crippen molar-refractivity contribution in [3.63, 3.8) is 0 Å². The normalized spacial score (nSPS) is 29.5. The van der Waals surface area contributed by atoms with Crippen molar-refractivity contribution in [3.8, 4) is 0 Å². The number of nitrogens with one attached hydrogen (secondary N) is 1. The first-order chi connectivity index (χ1) is 15.2. The van der Waals surface area contributed by atoms with Gasteiger partial charge in [0, 0.05) is 29.0 Å². The highest BCUT2D eigenvalue weighted by Crippen LogP contribution is 2.59. The molecule has 6 rings (SSSR count). The van der Waals surface area contributed by atoms with E-state index >= 15 is 0 Å². The first-order valence-corrected chi connectivity index (χ1v) is 11.8. The molecule has 2 aromatic heterocycles. The van der Waals surface area contributed by atoms with Crippen LogP contribution in [-0.2, 0) is 4.79 Å². The summed E-state index contributed by atoms with van der Waals surface area (Å²) >= 11 is 0. The average Bonchev–Trinajstić information content (AvgIpc) is 3.24. The second-order valence-electron chi connectivity index (χ2n) is 11.2. The van der Waals surface area contributed by atoms with E-state index in [0.29, 0.717) is 17.8 Å². The standard InChI is InChI=1S/C26H33N3O3/c1-25(2,3)28-23(30)22(20-6-4-8-27-16-20)29(24(31)21-7-5-9-32-21)26-13-17-10-18(14-26)12-19(11-17)15-26/h4-9,16-19,22H,10-15H2,1-3H3,(H,28,30). The van der Waals surface area contributed by atoms with Crippen LogP contribution < -0.4 is 5.32 Å². The molecule has 0 saturated heterocycles. The third-order valence-electron chi connectivity index (χ3n) is 7.47. The van der Waals surface area contributed by atoms with Gasteiger partial charge in [-0.15, -0.1) is 0 Å². The quantitative estimate of drug-likeness (QED) is 0.736. The Balaban J connectivity index is 1.63. The van der Waals surface area contributed by atoms with Crippen LogP contribution in [0.25, 0.3) is 0 Å². The van der Waals surface area contributed by atoms with Crippen molar-refractivity contribution in [2.24, 2.45) is 17.8 Å². The fourth-order valence-electron chi connectivity index (χ4n) is 6.88. The van der Waals surface area contributed by atoms with Gasteiger partial charge in [-0.25, -0.2) is 0 Å². The third-order valence-corrected chi connectivity index (χ3v) is 7.47. The second kappa shape index (κ2) is 7.75. The number of aromatic nitrogens is 1. The number of pyridine rings is 1. The lowest BCUT2D eigenvalue weighted by molar-refractivity contribution is -0.136. The summed E-state index contributed by atoms with van der Waals surface area (Å²) in [7, 11) is 0. The molecule has 2 amide bonds. The van der Waals surface area contributed by atoms with Gasteiger partial charge in [0.15, 0.2) is 5.76 Å². The summed E-state index contributed by atoms with van der Waals surface area (Å²) in [6.07, 6.45) is 11.6. The number of hydrogen-bond acceptors (Lipinski definition) is 4. The Morgan fingerprint density at radius 3 is 2.25 bits per heavy atom. The van der Waals surface area contributed by atoms with Gasteiger partial charge in [-0.05, 0) is 95.2 Å². The van der Waals surface area contributed by atoms with E-state index in [1.54, 1.807) is 24.5 Å². The van der Waals surface area contributed by atoms with Crippen molar-refractivity contribution in [2.45, 2.75) is 76.4 Å². The van der Waals surface area contributed by atoms with Crippen molar-refractivity contribution >= 4 is 11.8 Å². The van der Waals surface area contributed by atoms with Crippen LogP contribution in [0.5, 0.6) is 0 Å². The van der Waals surface area contributed by atoms with Gasteiger partial charge in [0.1, 0.15) is 6.04 Å². The monoisotopic (exact) mass is 435 g/mol. The lowest BCUT2D eigenvalue weighted by Gasteiger charge is -2.61. The lowest BCUT2D eigenvalue weighted by atomic mass is 9.52. The number of rotatable bonds is 5. The fourth-order valence-corrected chi connectivity index (χ4v) is 6.88. The van der Waals surface area contributed by atoms with Gasteiger partial charge in [0.25, 0.3) is 5.91 Å². The van der Waals surface area contributed by atoms with Crippen molar-refractivity contribution < 1.29 is 14.0 Å². The average molecular weight is 436 g/mol. The summed E-state index contributed by atoms with van der Waals surface area (Å²) in [6, 6.07) is 6.43. The van der Waals surface area contributed by atoms with Crippen LogP contribution in [0.2, 0.25) is 0 Å². The van der Waals surface area contributed by atoms with Gasteiger partial charge in [-0.1, -0.05) is 6.07 Å². The molecule has 1 unspecified atom stereocenters. The van der Waals surface area contributed by atoms with E-state index in [0.717, 1.165) is 24.8 Å². The Labute approximate surface area is 189 Å². The third kappa shape index (κ3) is 3.84. The van der Waals surface area contributed by atoms with E-state index in [1.807, 2.05) is 37.8 Å². The van der Waals surface area contributed by atoms with E-state index in [4.69, 9.17) is 4.42 Å². The van der Waals surface area contributed by atoms with Crippen LogP contribution in [-0.4, -0.2) is 32.8 Å². The molecule has 1 N–H and O–H groups in total. The van der Waals surface area contributed by atoms with E-state index in [9.17, 15) is 9.59 Å². The predicted octanol–water partition coefficient (Wildman–Crippen LogP) is 4.74.